The van der Waals surface area contributed by atoms with Gasteiger partial charge in [0.1, 0.15) is 4.90 Å². The van der Waals surface area contributed by atoms with Crippen LogP contribution in [0.4, 0.5) is 13.2 Å². The number of methoxy groups -OCH3 is 2. The van der Waals surface area contributed by atoms with Crippen molar-refractivity contribution in [1.82, 2.24) is 0 Å². The lowest BCUT2D eigenvalue weighted by molar-refractivity contribution is -0.152. The van der Waals surface area contributed by atoms with E-state index < -0.39 is 27.8 Å². The van der Waals surface area contributed by atoms with Crippen LogP contribution in [0, 0.1) is 0 Å². The molecule has 0 atom stereocenters. The molecule has 5 nitrogen and oxygen atoms in total. The summed E-state index contributed by atoms with van der Waals surface area (Å²) in [5, 5.41) is 0. The molecule has 10 heteroatoms. The summed E-state index contributed by atoms with van der Waals surface area (Å²) >= 11 is 2.93. The van der Waals surface area contributed by atoms with Crippen LogP contribution in [0.15, 0.2) is 21.5 Å². The Balaban J connectivity index is 3.18. The zero-order chi connectivity index (χ0) is 15.6. The fraction of sp³-hybridized carbons (Fsp3) is 0.400. The van der Waals surface area contributed by atoms with Crippen LogP contribution in [0.1, 0.15) is 0 Å². The molecule has 1 aromatic carbocycles. The molecule has 114 valence electrons. The monoisotopic (exact) mass is 378 g/mol. The second-order valence-electron chi connectivity index (χ2n) is 3.47. The van der Waals surface area contributed by atoms with E-state index in [0.717, 1.165) is 6.07 Å². The van der Waals surface area contributed by atoms with Crippen molar-refractivity contribution < 1.29 is 35.2 Å². The molecule has 0 bridgehead atoms. The summed E-state index contributed by atoms with van der Waals surface area (Å²) in [4.78, 5) is -0.487. The van der Waals surface area contributed by atoms with Gasteiger partial charge in [-0.2, -0.15) is 21.6 Å². The molecule has 0 heterocycles. The minimum Gasteiger partial charge on any atom is -0.493 e. The molecular weight excluding hydrogens is 369 g/mol. The highest BCUT2D eigenvalue weighted by Gasteiger charge is 2.32. The minimum absolute atomic E-state index is 0.00248. The van der Waals surface area contributed by atoms with E-state index >= 15 is 0 Å². The van der Waals surface area contributed by atoms with Crippen LogP contribution < -0.4 is 9.47 Å². The maximum atomic E-state index is 12.0. The Morgan fingerprint density at radius 2 is 1.65 bits per heavy atom. The predicted octanol–water partition coefficient (Wildman–Crippen LogP) is 2.73. The highest BCUT2D eigenvalue weighted by atomic mass is 79.9. The Bertz CT molecular complexity index is 585. The molecule has 1 aromatic rings. The normalized spacial score (nSPS) is 12.3. The van der Waals surface area contributed by atoms with Gasteiger partial charge in [-0.1, -0.05) is 0 Å². The van der Waals surface area contributed by atoms with Crippen molar-refractivity contribution >= 4 is 26.0 Å². The molecule has 0 aromatic heterocycles. The second kappa shape index (κ2) is 6.19. The average Bonchev–Trinajstić information content (AvgIpc) is 2.35. The van der Waals surface area contributed by atoms with Gasteiger partial charge in [0.05, 0.1) is 14.2 Å². The first-order chi connectivity index (χ1) is 9.10. The summed E-state index contributed by atoms with van der Waals surface area (Å²) in [6.45, 7) is -1.91. The number of halogens is 4. The summed E-state index contributed by atoms with van der Waals surface area (Å²) in [6, 6.07) is 2.26. The number of ether oxygens (including phenoxy) is 2. The van der Waals surface area contributed by atoms with E-state index in [1.807, 2.05) is 0 Å². The van der Waals surface area contributed by atoms with Crippen molar-refractivity contribution in [3.8, 4) is 11.5 Å². The summed E-state index contributed by atoms with van der Waals surface area (Å²) in [5.41, 5.74) is 0. The lowest BCUT2D eigenvalue weighted by Gasteiger charge is -2.13. The Morgan fingerprint density at radius 3 is 2.10 bits per heavy atom. The van der Waals surface area contributed by atoms with Gasteiger partial charge in [0.15, 0.2) is 18.1 Å². The SMILES string of the molecule is COc1cc(Br)c(S(=O)(=O)OCC(F)(F)F)cc1OC. The van der Waals surface area contributed by atoms with Crippen LogP contribution >= 0.6 is 15.9 Å². The van der Waals surface area contributed by atoms with Crippen LogP contribution in [0.25, 0.3) is 0 Å². The van der Waals surface area contributed by atoms with Gasteiger partial charge in [-0.25, -0.2) is 0 Å². The molecule has 0 unspecified atom stereocenters. The molecule has 0 amide bonds. The summed E-state index contributed by atoms with van der Waals surface area (Å²) in [6.07, 6.45) is -4.75. The fourth-order valence-electron chi connectivity index (χ4n) is 1.23. The average molecular weight is 379 g/mol. The van der Waals surface area contributed by atoms with Crippen LogP contribution in [-0.4, -0.2) is 35.4 Å². The van der Waals surface area contributed by atoms with E-state index in [-0.39, 0.29) is 16.0 Å². The van der Waals surface area contributed by atoms with Crippen molar-refractivity contribution in [1.29, 1.82) is 0 Å². The number of benzene rings is 1. The number of hydrogen-bond acceptors (Lipinski definition) is 5. The Labute approximate surface area is 121 Å². The first-order valence-corrected chi connectivity index (χ1v) is 7.18. The zero-order valence-corrected chi connectivity index (χ0v) is 12.7. The number of hydrogen-bond donors (Lipinski definition) is 0. The van der Waals surface area contributed by atoms with Crippen LogP contribution in [0.2, 0.25) is 0 Å². The molecule has 0 saturated carbocycles. The summed E-state index contributed by atoms with van der Waals surface area (Å²) < 4.78 is 73.3. The summed E-state index contributed by atoms with van der Waals surface area (Å²) in [7, 11) is -1.99. The molecule has 1 rings (SSSR count). The fourth-order valence-corrected chi connectivity index (χ4v) is 3.12. The highest BCUT2D eigenvalue weighted by molar-refractivity contribution is 9.10. The van der Waals surface area contributed by atoms with E-state index in [4.69, 9.17) is 9.47 Å². The van der Waals surface area contributed by atoms with E-state index in [1.54, 1.807) is 0 Å². The van der Waals surface area contributed by atoms with Crippen molar-refractivity contribution in [3.05, 3.63) is 16.6 Å². The third-order valence-corrected chi connectivity index (χ3v) is 4.31. The Kier molecular flexibility index (Phi) is 5.27. The molecule has 0 radical (unpaired) electrons. The Hall–Kier alpha value is -1.00. The summed E-state index contributed by atoms with van der Waals surface area (Å²) in [5.74, 6) is 0.263. The quantitative estimate of drug-likeness (QED) is 0.737. The van der Waals surface area contributed by atoms with E-state index in [1.165, 1.54) is 20.3 Å². The second-order valence-corrected chi connectivity index (χ2v) is 5.91. The lowest BCUT2D eigenvalue weighted by atomic mass is 10.3. The first kappa shape index (κ1) is 17.1. The number of alkyl halides is 3. The predicted molar refractivity (Wildman–Crippen MR) is 66.4 cm³/mol. The van der Waals surface area contributed by atoms with E-state index in [2.05, 4.69) is 20.1 Å². The Morgan fingerprint density at radius 1 is 1.15 bits per heavy atom. The highest BCUT2D eigenvalue weighted by Crippen LogP contribution is 2.36. The zero-order valence-electron chi connectivity index (χ0n) is 10.3. The first-order valence-electron chi connectivity index (χ1n) is 4.98. The van der Waals surface area contributed by atoms with Gasteiger partial charge in [0.2, 0.25) is 0 Å². The molecule has 0 fully saturated rings. The van der Waals surface area contributed by atoms with Gasteiger partial charge < -0.3 is 9.47 Å². The van der Waals surface area contributed by atoms with Crippen LogP contribution in [-0.2, 0) is 14.3 Å². The standard InChI is InChI=1S/C10H10BrF3O5S/c1-17-7-3-6(11)9(4-8(7)18-2)20(15,16)19-5-10(12,13)14/h3-4H,5H2,1-2H3. The van der Waals surface area contributed by atoms with Crippen molar-refractivity contribution in [2.24, 2.45) is 0 Å². The molecule has 20 heavy (non-hydrogen) atoms. The maximum absolute atomic E-state index is 12.0. The van der Waals surface area contributed by atoms with Gasteiger partial charge in [-0.3, -0.25) is 4.18 Å². The van der Waals surface area contributed by atoms with Gasteiger partial charge in [0, 0.05) is 10.5 Å². The third kappa shape index (κ3) is 4.25. The van der Waals surface area contributed by atoms with E-state index in [9.17, 15) is 21.6 Å². The van der Waals surface area contributed by atoms with Crippen molar-refractivity contribution in [2.75, 3.05) is 20.8 Å². The maximum Gasteiger partial charge on any atom is 0.413 e. The van der Waals surface area contributed by atoms with E-state index in [0.29, 0.717) is 0 Å². The third-order valence-electron chi connectivity index (χ3n) is 2.09. The molecule has 0 spiro atoms. The van der Waals surface area contributed by atoms with Crippen LogP contribution in [0.3, 0.4) is 0 Å². The molecule has 0 aliphatic carbocycles. The molecule has 0 aliphatic rings. The topological polar surface area (TPSA) is 61.8 Å². The van der Waals surface area contributed by atoms with Gasteiger partial charge in [0.25, 0.3) is 10.1 Å². The molecule has 0 N–H and O–H groups in total. The molecule has 0 saturated heterocycles. The van der Waals surface area contributed by atoms with Gasteiger partial charge >= 0.3 is 6.18 Å². The molecular formula is C10H10BrF3O5S. The lowest BCUT2D eigenvalue weighted by Crippen LogP contribution is -2.20. The van der Waals surface area contributed by atoms with Gasteiger partial charge in [-0.15, -0.1) is 0 Å². The van der Waals surface area contributed by atoms with Crippen molar-refractivity contribution in [2.45, 2.75) is 11.1 Å². The van der Waals surface area contributed by atoms with Crippen molar-refractivity contribution in [3.63, 3.8) is 0 Å². The largest absolute Gasteiger partial charge is 0.493 e. The minimum atomic E-state index is -4.75. The van der Waals surface area contributed by atoms with Gasteiger partial charge in [-0.05, 0) is 22.0 Å². The number of rotatable bonds is 5. The molecule has 0 aliphatic heterocycles. The van der Waals surface area contributed by atoms with Crippen LogP contribution in [0.5, 0.6) is 11.5 Å². The smallest absolute Gasteiger partial charge is 0.413 e.